The zero-order valence-corrected chi connectivity index (χ0v) is 8.83. The molecule has 1 rings (SSSR count). The van der Waals surface area contributed by atoms with Crippen molar-refractivity contribution < 1.29 is 5.11 Å². The Morgan fingerprint density at radius 2 is 2.20 bits per heavy atom. The fraction of sp³-hybridized carbons (Fsp3) is 0.167. The van der Waals surface area contributed by atoms with Crippen molar-refractivity contribution in [3.63, 3.8) is 0 Å². The van der Waals surface area contributed by atoms with E-state index in [0.29, 0.717) is 0 Å². The molecule has 0 aliphatic rings. The summed E-state index contributed by atoms with van der Waals surface area (Å²) in [5.74, 6) is 0. The molecule has 0 aliphatic heterocycles. The molecule has 0 aromatic heterocycles. The molecule has 1 aromatic carbocycles. The second-order valence-electron chi connectivity index (χ2n) is 3.03. The molecule has 3 nitrogen and oxygen atoms in total. The molecule has 0 amide bonds. The van der Waals surface area contributed by atoms with Gasteiger partial charge in [0.05, 0.1) is 0 Å². The summed E-state index contributed by atoms with van der Waals surface area (Å²) in [5, 5.41) is 14.6. The minimum atomic E-state index is -0.0833. The molecule has 0 saturated carbocycles. The van der Waals surface area contributed by atoms with Gasteiger partial charge >= 0.3 is 0 Å². The van der Waals surface area contributed by atoms with Gasteiger partial charge in [-0.2, -0.15) is 0 Å². The summed E-state index contributed by atoms with van der Waals surface area (Å²) in [6.45, 7) is 3.87. The molecule has 0 bridgehead atoms. The zero-order valence-electron chi connectivity index (χ0n) is 8.83. The number of rotatable bonds is 5. The van der Waals surface area contributed by atoms with Crippen LogP contribution in [0.2, 0.25) is 0 Å². The molecule has 1 aromatic rings. The van der Waals surface area contributed by atoms with Crippen LogP contribution in [0.4, 0.5) is 5.69 Å². The van der Waals surface area contributed by atoms with Crippen molar-refractivity contribution in [2.75, 3.05) is 19.1 Å². The summed E-state index contributed by atoms with van der Waals surface area (Å²) in [6.07, 6.45) is 3.70. The van der Waals surface area contributed by atoms with Gasteiger partial charge in [-0.3, -0.25) is 0 Å². The van der Waals surface area contributed by atoms with E-state index in [4.69, 9.17) is 5.11 Å². The molecule has 3 N–H and O–H groups in total. The van der Waals surface area contributed by atoms with Crippen molar-refractivity contribution in [2.24, 2.45) is 0 Å². The number of para-hydroxylation sites is 1. The SMILES string of the molecule is C=C(/C=C\NC)c1ccccc1NCO. The van der Waals surface area contributed by atoms with Crippen LogP contribution in [-0.2, 0) is 0 Å². The van der Waals surface area contributed by atoms with Gasteiger partial charge in [0.25, 0.3) is 0 Å². The second kappa shape index (κ2) is 5.88. The van der Waals surface area contributed by atoms with Gasteiger partial charge in [-0.1, -0.05) is 24.8 Å². The second-order valence-corrected chi connectivity index (χ2v) is 3.03. The van der Waals surface area contributed by atoms with Crippen molar-refractivity contribution in [3.05, 3.63) is 48.7 Å². The van der Waals surface area contributed by atoms with Gasteiger partial charge in [-0.05, 0) is 23.9 Å². The predicted octanol–water partition coefficient (Wildman–Crippen LogP) is 1.79. The number of nitrogens with one attached hydrogen (secondary N) is 2. The van der Waals surface area contributed by atoms with Crippen molar-refractivity contribution in [2.45, 2.75) is 0 Å². The quantitative estimate of drug-likeness (QED) is 0.506. The maximum atomic E-state index is 8.83. The molecule has 3 heteroatoms. The van der Waals surface area contributed by atoms with Crippen LogP contribution in [-0.4, -0.2) is 18.9 Å². The third-order valence-electron chi connectivity index (χ3n) is 1.99. The van der Waals surface area contributed by atoms with Gasteiger partial charge in [-0.25, -0.2) is 0 Å². The number of hydrogen-bond acceptors (Lipinski definition) is 3. The number of hydrogen-bond donors (Lipinski definition) is 3. The molecule has 0 unspecified atom stereocenters. The van der Waals surface area contributed by atoms with E-state index in [0.717, 1.165) is 16.8 Å². The van der Waals surface area contributed by atoms with E-state index < -0.39 is 0 Å². The van der Waals surface area contributed by atoms with Crippen LogP contribution >= 0.6 is 0 Å². The summed E-state index contributed by atoms with van der Waals surface area (Å²) in [5.41, 5.74) is 2.75. The van der Waals surface area contributed by atoms with Crippen LogP contribution in [0.15, 0.2) is 43.1 Å². The van der Waals surface area contributed by atoms with E-state index in [-0.39, 0.29) is 6.73 Å². The maximum Gasteiger partial charge on any atom is 0.113 e. The summed E-state index contributed by atoms with van der Waals surface area (Å²) >= 11 is 0. The number of benzene rings is 1. The van der Waals surface area contributed by atoms with Crippen LogP contribution in [0, 0.1) is 0 Å². The highest BCUT2D eigenvalue weighted by atomic mass is 16.3. The Morgan fingerprint density at radius 3 is 2.87 bits per heavy atom. The van der Waals surface area contributed by atoms with Crippen molar-refractivity contribution in [1.29, 1.82) is 0 Å². The number of anilines is 1. The van der Waals surface area contributed by atoms with Crippen LogP contribution in [0.5, 0.6) is 0 Å². The lowest BCUT2D eigenvalue weighted by molar-refractivity contribution is 0.325. The van der Waals surface area contributed by atoms with Crippen LogP contribution in [0.1, 0.15) is 5.56 Å². The van der Waals surface area contributed by atoms with Gasteiger partial charge in [0.1, 0.15) is 6.73 Å². The summed E-state index contributed by atoms with van der Waals surface area (Å²) in [7, 11) is 1.83. The summed E-state index contributed by atoms with van der Waals surface area (Å²) in [6, 6.07) is 7.72. The highest BCUT2D eigenvalue weighted by Crippen LogP contribution is 2.22. The molecule has 0 aliphatic carbocycles. The van der Waals surface area contributed by atoms with Crippen molar-refractivity contribution >= 4 is 11.3 Å². The first kappa shape index (κ1) is 11.3. The first-order valence-corrected chi connectivity index (χ1v) is 4.76. The summed E-state index contributed by atoms with van der Waals surface area (Å²) in [4.78, 5) is 0. The Hall–Kier alpha value is -1.74. The largest absolute Gasteiger partial charge is 0.394 e. The Labute approximate surface area is 90.1 Å². The number of allylic oxidation sites excluding steroid dienone is 2. The first-order valence-electron chi connectivity index (χ1n) is 4.76. The monoisotopic (exact) mass is 204 g/mol. The van der Waals surface area contributed by atoms with Gasteiger partial charge < -0.3 is 15.7 Å². The van der Waals surface area contributed by atoms with Crippen molar-refractivity contribution in [3.8, 4) is 0 Å². The molecule has 0 fully saturated rings. The van der Waals surface area contributed by atoms with Gasteiger partial charge in [-0.15, -0.1) is 0 Å². The first-order chi connectivity index (χ1) is 7.29. The van der Waals surface area contributed by atoms with Crippen LogP contribution < -0.4 is 10.6 Å². The van der Waals surface area contributed by atoms with Gasteiger partial charge in [0, 0.05) is 18.3 Å². The summed E-state index contributed by atoms with van der Waals surface area (Å²) < 4.78 is 0. The highest BCUT2D eigenvalue weighted by Gasteiger charge is 2.01. The Bertz CT molecular complexity index is 358. The van der Waals surface area contributed by atoms with E-state index >= 15 is 0 Å². The maximum absolute atomic E-state index is 8.83. The third-order valence-corrected chi connectivity index (χ3v) is 1.99. The minimum Gasteiger partial charge on any atom is -0.394 e. The average molecular weight is 204 g/mol. The standard InChI is InChI=1S/C12H16N2O/c1-10(7-8-13-2)11-5-3-4-6-12(11)14-9-15/h3-8,13-15H,1,9H2,2H3/b8-7-. The molecule has 0 spiro atoms. The Kier molecular flexibility index (Phi) is 4.44. The molecule has 0 heterocycles. The zero-order chi connectivity index (χ0) is 11.1. The lowest BCUT2D eigenvalue weighted by Crippen LogP contribution is -2.02. The average Bonchev–Trinajstić information content (AvgIpc) is 2.27. The molecular weight excluding hydrogens is 188 g/mol. The lowest BCUT2D eigenvalue weighted by atomic mass is 10.1. The minimum absolute atomic E-state index is 0.0833. The van der Waals surface area contributed by atoms with E-state index in [1.54, 1.807) is 0 Å². The highest BCUT2D eigenvalue weighted by molar-refractivity contribution is 5.80. The van der Waals surface area contributed by atoms with Gasteiger partial charge in [0.15, 0.2) is 0 Å². The molecule has 0 radical (unpaired) electrons. The van der Waals surface area contributed by atoms with E-state index in [9.17, 15) is 0 Å². The number of aliphatic hydroxyl groups excluding tert-OH is 1. The fourth-order valence-corrected chi connectivity index (χ4v) is 1.28. The van der Waals surface area contributed by atoms with Gasteiger partial charge in [0.2, 0.25) is 0 Å². The van der Waals surface area contributed by atoms with Crippen LogP contribution in [0.3, 0.4) is 0 Å². The number of aliphatic hydroxyl groups is 1. The van der Waals surface area contributed by atoms with Crippen molar-refractivity contribution in [1.82, 2.24) is 5.32 Å². The normalized spacial score (nSPS) is 10.3. The Morgan fingerprint density at radius 1 is 1.47 bits per heavy atom. The third kappa shape index (κ3) is 3.14. The molecule has 80 valence electrons. The van der Waals surface area contributed by atoms with Crippen LogP contribution in [0.25, 0.3) is 5.57 Å². The van der Waals surface area contributed by atoms with E-state index in [1.807, 2.05) is 43.6 Å². The molecular formula is C12H16N2O. The van der Waals surface area contributed by atoms with E-state index in [1.165, 1.54) is 0 Å². The molecule has 0 saturated heterocycles. The van der Waals surface area contributed by atoms with E-state index in [2.05, 4.69) is 17.2 Å². The lowest BCUT2D eigenvalue weighted by Gasteiger charge is -2.09. The topological polar surface area (TPSA) is 44.3 Å². The predicted molar refractivity (Wildman–Crippen MR) is 64.4 cm³/mol. The molecule has 0 atom stereocenters. The molecule has 15 heavy (non-hydrogen) atoms. The fourth-order valence-electron chi connectivity index (χ4n) is 1.28. The Balaban J connectivity index is 2.91. The smallest absolute Gasteiger partial charge is 0.113 e.